The number of likely N-dealkylation sites (N-methyl/N-ethyl adjacent to an activating group) is 1. The van der Waals surface area contributed by atoms with Gasteiger partial charge in [-0.05, 0) is 51.7 Å². The number of carbonyl (C=O) groups excluding carboxylic acids is 1. The molecule has 0 radical (unpaired) electrons. The van der Waals surface area contributed by atoms with Gasteiger partial charge in [-0.1, -0.05) is 12.1 Å². The summed E-state index contributed by atoms with van der Waals surface area (Å²) in [6.07, 6.45) is 3.28. The Labute approximate surface area is 158 Å². The number of fused-ring (bicyclic) bond motifs is 1. The van der Waals surface area contributed by atoms with Crippen LogP contribution in [0.3, 0.4) is 0 Å². The van der Waals surface area contributed by atoms with E-state index in [1.54, 1.807) is 24.5 Å². The third kappa shape index (κ3) is 4.14. The van der Waals surface area contributed by atoms with E-state index >= 15 is 0 Å². The maximum absolute atomic E-state index is 13.5. The molecule has 1 amide bonds. The lowest BCUT2D eigenvalue weighted by molar-refractivity contribution is 0.0941. The van der Waals surface area contributed by atoms with E-state index in [-0.39, 0.29) is 23.8 Å². The smallest absolute Gasteiger partial charge is 0.252 e. The number of aromatic nitrogens is 3. The number of pyridine rings is 1. The fraction of sp³-hybridized carbons (Fsp3) is 0.350. The molecule has 27 heavy (non-hydrogen) atoms. The minimum Gasteiger partial charge on any atom is -0.350 e. The predicted octanol–water partition coefficient (Wildman–Crippen LogP) is 3.18. The third-order valence-corrected chi connectivity index (χ3v) is 4.50. The zero-order valence-electron chi connectivity index (χ0n) is 16.0. The van der Waals surface area contributed by atoms with Gasteiger partial charge in [0.25, 0.3) is 5.91 Å². The van der Waals surface area contributed by atoms with Crippen molar-refractivity contribution in [3.63, 3.8) is 0 Å². The second kappa shape index (κ2) is 7.84. The zero-order valence-corrected chi connectivity index (χ0v) is 16.0. The van der Waals surface area contributed by atoms with Crippen LogP contribution >= 0.6 is 0 Å². The van der Waals surface area contributed by atoms with Crippen LogP contribution in [0, 0.1) is 5.82 Å². The second-order valence-electron chi connectivity index (χ2n) is 7.06. The Morgan fingerprint density at radius 3 is 2.70 bits per heavy atom. The maximum atomic E-state index is 13.5. The number of benzene rings is 1. The molecule has 3 aromatic rings. The molecule has 0 bridgehead atoms. The number of rotatable bonds is 6. The monoisotopic (exact) mass is 369 g/mol. The van der Waals surface area contributed by atoms with Crippen molar-refractivity contribution < 1.29 is 9.18 Å². The summed E-state index contributed by atoms with van der Waals surface area (Å²) >= 11 is 0. The Bertz CT molecular complexity index is 950. The summed E-state index contributed by atoms with van der Waals surface area (Å²) in [6.45, 7) is 4.42. The molecule has 0 saturated heterocycles. The number of halogens is 1. The average molecular weight is 369 g/mol. The van der Waals surface area contributed by atoms with E-state index in [0.717, 1.165) is 16.6 Å². The summed E-state index contributed by atoms with van der Waals surface area (Å²) in [7, 11) is 3.80. The van der Waals surface area contributed by atoms with Crippen LogP contribution in [0.25, 0.3) is 11.0 Å². The number of carbonyl (C=O) groups is 1. The molecule has 2 aromatic heterocycles. The van der Waals surface area contributed by atoms with Crippen LogP contribution in [0.2, 0.25) is 0 Å². The third-order valence-electron chi connectivity index (χ3n) is 4.50. The normalized spacial score (nSPS) is 12.7. The Morgan fingerprint density at radius 2 is 2.04 bits per heavy atom. The molecular weight excluding hydrogens is 345 g/mol. The summed E-state index contributed by atoms with van der Waals surface area (Å²) in [5.41, 5.74) is 2.04. The summed E-state index contributed by atoms with van der Waals surface area (Å²) in [5.74, 6) is -0.507. The van der Waals surface area contributed by atoms with Crippen LogP contribution in [0.5, 0.6) is 0 Å². The molecule has 0 saturated carbocycles. The Hall–Kier alpha value is -2.80. The largest absolute Gasteiger partial charge is 0.350 e. The van der Waals surface area contributed by atoms with Gasteiger partial charge in [0, 0.05) is 24.2 Å². The fourth-order valence-corrected chi connectivity index (χ4v) is 3.05. The van der Waals surface area contributed by atoms with Gasteiger partial charge in [0.1, 0.15) is 5.82 Å². The van der Waals surface area contributed by atoms with Gasteiger partial charge >= 0.3 is 0 Å². The van der Waals surface area contributed by atoms with Crippen molar-refractivity contribution in [3.05, 3.63) is 59.7 Å². The number of amides is 1. The molecule has 7 heteroatoms. The number of nitrogens with zero attached hydrogens (tertiary/aromatic N) is 4. The Balaban J connectivity index is 1.75. The van der Waals surface area contributed by atoms with E-state index in [2.05, 4.69) is 15.4 Å². The molecule has 1 aromatic carbocycles. The first-order chi connectivity index (χ1) is 12.9. The van der Waals surface area contributed by atoms with Crippen LogP contribution in [0.1, 0.15) is 41.9 Å². The molecule has 1 N–H and O–H groups in total. The molecule has 0 aliphatic carbocycles. The Morgan fingerprint density at radius 1 is 1.26 bits per heavy atom. The van der Waals surface area contributed by atoms with E-state index < -0.39 is 0 Å². The van der Waals surface area contributed by atoms with E-state index in [1.807, 2.05) is 43.6 Å². The lowest BCUT2D eigenvalue weighted by atomic mass is 10.1. The van der Waals surface area contributed by atoms with Crippen molar-refractivity contribution in [2.45, 2.75) is 25.9 Å². The first-order valence-corrected chi connectivity index (χ1v) is 8.90. The molecule has 1 atom stereocenters. The van der Waals surface area contributed by atoms with Crippen LogP contribution in [0.4, 0.5) is 4.39 Å². The molecule has 0 fully saturated rings. The fourth-order valence-electron chi connectivity index (χ4n) is 3.05. The number of hydrogen-bond acceptors (Lipinski definition) is 4. The van der Waals surface area contributed by atoms with E-state index in [4.69, 9.17) is 0 Å². The highest BCUT2D eigenvalue weighted by Crippen LogP contribution is 2.19. The summed E-state index contributed by atoms with van der Waals surface area (Å²) < 4.78 is 15.4. The quantitative estimate of drug-likeness (QED) is 0.725. The van der Waals surface area contributed by atoms with Crippen molar-refractivity contribution in [2.24, 2.45) is 0 Å². The molecule has 0 spiro atoms. The van der Waals surface area contributed by atoms with Crippen molar-refractivity contribution in [3.8, 4) is 0 Å². The first-order valence-electron chi connectivity index (χ1n) is 8.90. The van der Waals surface area contributed by atoms with E-state index in [9.17, 15) is 9.18 Å². The van der Waals surface area contributed by atoms with Gasteiger partial charge in [-0.2, -0.15) is 5.10 Å². The summed E-state index contributed by atoms with van der Waals surface area (Å²) in [6, 6.07) is 8.28. The highest BCUT2D eigenvalue weighted by Gasteiger charge is 2.17. The van der Waals surface area contributed by atoms with E-state index in [0.29, 0.717) is 12.1 Å². The van der Waals surface area contributed by atoms with E-state index in [1.165, 1.54) is 12.1 Å². The number of hydrogen-bond donors (Lipinski definition) is 1. The summed E-state index contributed by atoms with van der Waals surface area (Å²) in [5, 5.41) is 8.07. The van der Waals surface area contributed by atoms with Gasteiger partial charge in [0.05, 0.1) is 17.8 Å². The molecule has 1 unspecified atom stereocenters. The first kappa shape index (κ1) is 19.0. The molecular formula is C20H24FN5O. The highest BCUT2D eigenvalue weighted by atomic mass is 19.1. The molecule has 3 rings (SSSR count). The van der Waals surface area contributed by atoms with Gasteiger partial charge in [0.15, 0.2) is 5.65 Å². The van der Waals surface area contributed by atoms with Gasteiger partial charge in [0.2, 0.25) is 0 Å². The molecule has 6 nitrogen and oxygen atoms in total. The minimum atomic E-state index is -0.289. The van der Waals surface area contributed by atoms with Crippen molar-refractivity contribution in [2.75, 3.05) is 20.6 Å². The molecule has 142 valence electrons. The molecule has 0 aliphatic rings. The summed E-state index contributed by atoms with van der Waals surface area (Å²) in [4.78, 5) is 18.9. The van der Waals surface area contributed by atoms with Gasteiger partial charge in [-0.25, -0.2) is 14.1 Å². The van der Waals surface area contributed by atoms with Crippen LogP contribution in [-0.2, 0) is 0 Å². The van der Waals surface area contributed by atoms with Gasteiger partial charge in [-0.3, -0.25) is 4.79 Å². The lowest BCUT2D eigenvalue weighted by Crippen LogP contribution is -2.34. The minimum absolute atomic E-state index is 0.134. The lowest BCUT2D eigenvalue weighted by Gasteiger charge is -2.25. The van der Waals surface area contributed by atoms with Gasteiger partial charge < -0.3 is 10.2 Å². The predicted molar refractivity (Wildman–Crippen MR) is 103 cm³/mol. The standard InChI is InChI=1S/C20H24FN5O/c1-13(2)26-19-15(11-24-26)8-16(10-22-19)20(27)23-12-18(25(3)4)14-6-5-7-17(21)9-14/h5-11,13,18H,12H2,1-4H3,(H,23,27). The maximum Gasteiger partial charge on any atom is 0.252 e. The zero-order chi connectivity index (χ0) is 19.6. The van der Waals surface area contributed by atoms with Crippen molar-refractivity contribution >= 4 is 16.9 Å². The van der Waals surface area contributed by atoms with Crippen molar-refractivity contribution in [1.29, 1.82) is 0 Å². The Kier molecular flexibility index (Phi) is 5.51. The number of nitrogens with one attached hydrogen (secondary N) is 1. The SMILES string of the molecule is CC(C)n1ncc2cc(C(=O)NCC(c3cccc(F)c3)N(C)C)cnc21. The van der Waals surface area contributed by atoms with Crippen LogP contribution in [0.15, 0.2) is 42.7 Å². The molecule has 2 heterocycles. The highest BCUT2D eigenvalue weighted by molar-refractivity contribution is 5.96. The average Bonchev–Trinajstić information content (AvgIpc) is 3.05. The van der Waals surface area contributed by atoms with Crippen LogP contribution < -0.4 is 5.32 Å². The van der Waals surface area contributed by atoms with Crippen LogP contribution in [-0.4, -0.2) is 46.2 Å². The van der Waals surface area contributed by atoms with Gasteiger partial charge in [-0.15, -0.1) is 0 Å². The molecule has 0 aliphatic heterocycles. The van der Waals surface area contributed by atoms with Crippen molar-refractivity contribution in [1.82, 2.24) is 25.0 Å². The second-order valence-corrected chi connectivity index (χ2v) is 7.06. The topological polar surface area (TPSA) is 63.1 Å².